The van der Waals surface area contributed by atoms with Gasteiger partial charge in [-0.25, -0.2) is 0 Å². The minimum atomic E-state index is -0.707. The van der Waals surface area contributed by atoms with Crippen molar-refractivity contribution in [1.82, 2.24) is 5.32 Å². The van der Waals surface area contributed by atoms with Gasteiger partial charge in [-0.05, 0) is 36.6 Å². The Morgan fingerprint density at radius 3 is 2.48 bits per heavy atom. The van der Waals surface area contributed by atoms with Crippen LogP contribution in [0.5, 0.6) is 5.75 Å². The van der Waals surface area contributed by atoms with Gasteiger partial charge in [0.25, 0.3) is 0 Å². The smallest absolute Gasteiger partial charge is 0.313 e. The maximum absolute atomic E-state index is 12.0. The minimum Gasteiger partial charge on any atom is -0.495 e. The van der Waals surface area contributed by atoms with Crippen molar-refractivity contribution in [3.05, 3.63) is 59.7 Å². The van der Waals surface area contributed by atoms with E-state index >= 15 is 0 Å². The zero-order chi connectivity index (χ0) is 16.7. The number of ether oxygens (including phenoxy) is 1. The van der Waals surface area contributed by atoms with Crippen molar-refractivity contribution in [2.45, 2.75) is 13.3 Å². The molecule has 0 heterocycles. The molecule has 2 rings (SSSR count). The van der Waals surface area contributed by atoms with Crippen LogP contribution in [0, 0.1) is 6.92 Å². The molecule has 5 nitrogen and oxygen atoms in total. The molecule has 2 aromatic carbocycles. The summed E-state index contributed by atoms with van der Waals surface area (Å²) in [4.78, 5) is 23.8. The molecule has 23 heavy (non-hydrogen) atoms. The van der Waals surface area contributed by atoms with Crippen LogP contribution in [0.1, 0.15) is 11.1 Å². The second kappa shape index (κ2) is 7.98. The van der Waals surface area contributed by atoms with E-state index < -0.39 is 11.8 Å². The summed E-state index contributed by atoms with van der Waals surface area (Å²) in [6, 6.07) is 15.1. The minimum absolute atomic E-state index is 0.404. The molecule has 0 atom stereocenters. The van der Waals surface area contributed by atoms with E-state index in [-0.39, 0.29) is 0 Å². The van der Waals surface area contributed by atoms with E-state index in [2.05, 4.69) is 10.6 Å². The van der Waals surface area contributed by atoms with Gasteiger partial charge < -0.3 is 15.4 Å². The Balaban J connectivity index is 1.88. The molecule has 0 aliphatic rings. The maximum Gasteiger partial charge on any atom is 0.313 e. The van der Waals surface area contributed by atoms with Gasteiger partial charge in [-0.2, -0.15) is 0 Å². The molecule has 0 aromatic heterocycles. The Hall–Kier alpha value is -2.82. The number of carbonyl (C=O) groups is 2. The van der Waals surface area contributed by atoms with Gasteiger partial charge in [-0.15, -0.1) is 0 Å². The topological polar surface area (TPSA) is 67.4 Å². The fourth-order valence-electron chi connectivity index (χ4n) is 2.14. The van der Waals surface area contributed by atoms with Crippen LogP contribution >= 0.6 is 0 Å². The van der Waals surface area contributed by atoms with Crippen LogP contribution in [0.25, 0.3) is 0 Å². The lowest BCUT2D eigenvalue weighted by atomic mass is 10.1. The third-order valence-corrected chi connectivity index (χ3v) is 3.35. The molecule has 0 fully saturated rings. The zero-order valence-electron chi connectivity index (χ0n) is 13.3. The summed E-state index contributed by atoms with van der Waals surface area (Å²) in [7, 11) is 1.51. The molecule has 2 amide bonds. The van der Waals surface area contributed by atoms with Crippen molar-refractivity contribution < 1.29 is 14.3 Å². The third-order valence-electron chi connectivity index (χ3n) is 3.35. The van der Waals surface area contributed by atoms with Crippen molar-refractivity contribution in [2.75, 3.05) is 19.0 Å². The summed E-state index contributed by atoms with van der Waals surface area (Å²) in [6.45, 7) is 2.30. The summed E-state index contributed by atoms with van der Waals surface area (Å²) >= 11 is 0. The summed E-state index contributed by atoms with van der Waals surface area (Å²) in [5.74, 6) is -0.854. The largest absolute Gasteiger partial charge is 0.495 e. The predicted molar refractivity (Wildman–Crippen MR) is 89.5 cm³/mol. The van der Waals surface area contributed by atoms with Gasteiger partial charge in [0, 0.05) is 6.54 Å². The fraction of sp³-hybridized carbons (Fsp3) is 0.222. The highest BCUT2D eigenvalue weighted by molar-refractivity contribution is 6.39. The molecule has 0 saturated heterocycles. The highest BCUT2D eigenvalue weighted by atomic mass is 16.5. The van der Waals surface area contributed by atoms with Crippen LogP contribution in [0.15, 0.2) is 48.5 Å². The molecule has 0 saturated carbocycles. The summed E-state index contributed by atoms with van der Waals surface area (Å²) in [6.07, 6.45) is 0.674. The zero-order valence-corrected chi connectivity index (χ0v) is 13.3. The van der Waals surface area contributed by atoms with Crippen molar-refractivity contribution in [1.29, 1.82) is 0 Å². The lowest BCUT2D eigenvalue weighted by molar-refractivity contribution is -0.136. The highest BCUT2D eigenvalue weighted by Crippen LogP contribution is 2.24. The number of benzene rings is 2. The number of methoxy groups -OCH3 is 1. The van der Waals surface area contributed by atoms with Crippen molar-refractivity contribution in [2.24, 2.45) is 0 Å². The first kappa shape index (κ1) is 16.5. The van der Waals surface area contributed by atoms with E-state index in [1.807, 2.05) is 43.3 Å². The first-order chi connectivity index (χ1) is 11.1. The van der Waals surface area contributed by atoms with E-state index in [9.17, 15) is 9.59 Å². The van der Waals surface area contributed by atoms with Gasteiger partial charge in [0.1, 0.15) is 5.75 Å². The Bertz CT molecular complexity index is 684. The Morgan fingerprint density at radius 1 is 1.04 bits per heavy atom. The number of amides is 2. The van der Waals surface area contributed by atoms with E-state index in [1.54, 1.807) is 12.1 Å². The predicted octanol–water partition coefficient (Wildman–Crippen LogP) is 2.30. The summed E-state index contributed by atoms with van der Waals surface area (Å²) < 4.78 is 5.17. The van der Waals surface area contributed by atoms with Gasteiger partial charge in [0.2, 0.25) is 0 Å². The molecule has 120 valence electrons. The first-order valence-corrected chi connectivity index (χ1v) is 7.38. The fourth-order valence-corrected chi connectivity index (χ4v) is 2.14. The van der Waals surface area contributed by atoms with Crippen LogP contribution in [-0.4, -0.2) is 25.5 Å². The summed E-state index contributed by atoms with van der Waals surface area (Å²) in [5, 5.41) is 5.19. The van der Waals surface area contributed by atoms with Crippen LogP contribution in [0.4, 0.5) is 5.69 Å². The van der Waals surface area contributed by atoms with Gasteiger partial charge in [0.05, 0.1) is 12.8 Å². The number of carbonyl (C=O) groups excluding carboxylic acids is 2. The van der Waals surface area contributed by atoms with Crippen LogP contribution in [-0.2, 0) is 16.0 Å². The third kappa shape index (κ3) is 4.85. The van der Waals surface area contributed by atoms with E-state index in [4.69, 9.17) is 4.74 Å². The molecule has 2 N–H and O–H groups in total. The molecular formula is C18H20N2O3. The molecule has 0 aliphatic carbocycles. The monoisotopic (exact) mass is 312 g/mol. The Labute approximate surface area is 135 Å². The maximum atomic E-state index is 12.0. The average molecular weight is 312 g/mol. The second-order valence-corrected chi connectivity index (χ2v) is 5.15. The standard InChI is InChI=1S/C18H20N2O3/c1-13-8-9-16(23-2)15(12-13)20-18(22)17(21)19-11-10-14-6-4-3-5-7-14/h3-9,12H,10-11H2,1-2H3,(H,19,21)(H,20,22). The molecule has 2 aromatic rings. The van der Waals surface area contributed by atoms with Crippen LogP contribution < -0.4 is 15.4 Å². The second-order valence-electron chi connectivity index (χ2n) is 5.15. The number of anilines is 1. The highest BCUT2D eigenvalue weighted by Gasteiger charge is 2.15. The lowest BCUT2D eigenvalue weighted by Crippen LogP contribution is -2.36. The molecule has 0 unspecified atom stereocenters. The van der Waals surface area contributed by atoms with Gasteiger partial charge in [-0.1, -0.05) is 36.4 Å². The molecular weight excluding hydrogens is 292 g/mol. The number of aryl methyl sites for hydroxylation is 1. The normalized spacial score (nSPS) is 10.0. The SMILES string of the molecule is COc1ccc(C)cc1NC(=O)C(=O)NCCc1ccccc1. The number of hydrogen-bond donors (Lipinski definition) is 2. The molecule has 5 heteroatoms. The van der Waals surface area contributed by atoms with Gasteiger partial charge in [-0.3, -0.25) is 9.59 Å². The van der Waals surface area contributed by atoms with Crippen LogP contribution in [0.2, 0.25) is 0 Å². The molecule has 0 aliphatic heterocycles. The van der Waals surface area contributed by atoms with Crippen molar-refractivity contribution >= 4 is 17.5 Å². The first-order valence-electron chi connectivity index (χ1n) is 7.38. The van der Waals surface area contributed by atoms with Crippen molar-refractivity contribution in [3.63, 3.8) is 0 Å². The number of hydrogen-bond acceptors (Lipinski definition) is 3. The number of nitrogens with one attached hydrogen (secondary N) is 2. The number of rotatable bonds is 5. The molecule has 0 radical (unpaired) electrons. The van der Waals surface area contributed by atoms with E-state index in [0.717, 1.165) is 11.1 Å². The van der Waals surface area contributed by atoms with Crippen molar-refractivity contribution in [3.8, 4) is 5.75 Å². The Morgan fingerprint density at radius 2 is 1.78 bits per heavy atom. The average Bonchev–Trinajstić information content (AvgIpc) is 2.56. The molecule has 0 spiro atoms. The summed E-state index contributed by atoms with van der Waals surface area (Å²) in [5.41, 5.74) is 2.55. The molecule has 0 bridgehead atoms. The quantitative estimate of drug-likeness (QED) is 0.833. The van der Waals surface area contributed by atoms with Gasteiger partial charge >= 0.3 is 11.8 Å². The van der Waals surface area contributed by atoms with E-state index in [1.165, 1.54) is 7.11 Å². The van der Waals surface area contributed by atoms with E-state index in [0.29, 0.717) is 24.4 Å². The van der Waals surface area contributed by atoms with Gasteiger partial charge in [0.15, 0.2) is 0 Å². The lowest BCUT2D eigenvalue weighted by Gasteiger charge is -2.11. The van der Waals surface area contributed by atoms with Crippen LogP contribution in [0.3, 0.4) is 0 Å². The Kier molecular flexibility index (Phi) is 5.74.